The first-order valence-corrected chi connectivity index (χ1v) is 9.85. The van der Waals surface area contributed by atoms with Gasteiger partial charge in [0.05, 0.1) is 5.56 Å². The van der Waals surface area contributed by atoms with E-state index in [9.17, 15) is 9.59 Å². The molecule has 1 aromatic heterocycles. The van der Waals surface area contributed by atoms with Crippen molar-refractivity contribution in [3.05, 3.63) is 96.2 Å². The van der Waals surface area contributed by atoms with Crippen LogP contribution in [0.25, 0.3) is 0 Å². The standard InChI is InChI=1S/C20H16BrClN4O3/c1-24-11-16(18(27)25(2)20(24)28)19-26(15-9-5-13(21)6-10-15)17(23-29-19)12-3-7-14(22)8-4-12/h3-11,19H,1-2H3. The first kappa shape index (κ1) is 19.5. The van der Waals surface area contributed by atoms with E-state index >= 15 is 0 Å². The van der Waals surface area contributed by atoms with Crippen LogP contribution in [0.2, 0.25) is 5.02 Å². The number of aryl methyl sites for hydroxylation is 1. The Kier molecular flexibility index (Phi) is 5.06. The molecule has 148 valence electrons. The molecule has 7 nitrogen and oxygen atoms in total. The zero-order valence-electron chi connectivity index (χ0n) is 15.5. The van der Waals surface area contributed by atoms with Gasteiger partial charge < -0.3 is 9.40 Å². The Morgan fingerprint density at radius 2 is 1.69 bits per heavy atom. The van der Waals surface area contributed by atoms with Crippen molar-refractivity contribution < 1.29 is 4.84 Å². The highest BCUT2D eigenvalue weighted by Gasteiger charge is 2.36. The molecule has 0 saturated carbocycles. The van der Waals surface area contributed by atoms with Gasteiger partial charge in [0.25, 0.3) is 5.56 Å². The average Bonchev–Trinajstić information content (AvgIpc) is 3.15. The summed E-state index contributed by atoms with van der Waals surface area (Å²) in [5.41, 5.74) is 1.01. The summed E-state index contributed by atoms with van der Waals surface area (Å²) >= 11 is 9.45. The summed E-state index contributed by atoms with van der Waals surface area (Å²) in [5, 5.41) is 4.85. The van der Waals surface area contributed by atoms with Gasteiger partial charge in [-0.3, -0.25) is 14.3 Å². The lowest BCUT2D eigenvalue weighted by Crippen LogP contribution is -2.42. The molecule has 2 heterocycles. The summed E-state index contributed by atoms with van der Waals surface area (Å²) in [6.45, 7) is 0. The fourth-order valence-electron chi connectivity index (χ4n) is 3.15. The van der Waals surface area contributed by atoms with Crippen molar-refractivity contribution in [1.29, 1.82) is 0 Å². The Morgan fingerprint density at radius 1 is 1.03 bits per heavy atom. The van der Waals surface area contributed by atoms with Gasteiger partial charge in [-0.1, -0.05) is 32.7 Å². The average molecular weight is 476 g/mol. The molecule has 0 spiro atoms. The normalized spacial score (nSPS) is 15.9. The van der Waals surface area contributed by atoms with Crippen molar-refractivity contribution in [2.24, 2.45) is 19.3 Å². The largest absolute Gasteiger partial charge is 0.363 e. The highest BCUT2D eigenvalue weighted by molar-refractivity contribution is 9.10. The second-order valence-electron chi connectivity index (χ2n) is 6.57. The van der Waals surface area contributed by atoms with Crippen LogP contribution in [0.15, 0.2) is 73.9 Å². The Hall–Kier alpha value is -2.84. The Labute approximate surface area is 179 Å². The molecule has 29 heavy (non-hydrogen) atoms. The van der Waals surface area contributed by atoms with E-state index in [0.29, 0.717) is 16.4 Å². The number of halogens is 2. The van der Waals surface area contributed by atoms with Crippen molar-refractivity contribution in [1.82, 2.24) is 9.13 Å². The molecule has 0 aliphatic carbocycles. The molecule has 2 aromatic carbocycles. The van der Waals surface area contributed by atoms with Crippen molar-refractivity contribution in [2.45, 2.75) is 6.23 Å². The van der Waals surface area contributed by atoms with Gasteiger partial charge in [0, 0.05) is 41.0 Å². The molecule has 0 N–H and O–H groups in total. The Bertz CT molecular complexity index is 1220. The second kappa shape index (κ2) is 7.53. The molecule has 0 bridgehead atoms. The highest BCUT2D eigenvalue weighted by Crippen LogP contribution is 2.34. The maximum absolute atomic E-state index is 12.8. The molecule has 0 amide bonds. The summed E-state index contributed by atoms with van der Waals surface area (Å²) in [6.07, 6.45) is 0.661. The van der Waals surface area contributed by atoms with E-state index in [2.05, 4.69) is 21.1 Å². The van der Waals surface area contributed by atoms with Gasteiger partial charge in [-0.05, 0) is 48.5 Å². The van der Waals surface area contributed by atoms with E-state index in [-0.39, 0.29) is 0 Å². The first-order chi connectivity index (χ1) is 13.9. The van der Waals surface area contributed by atoms with E-state index in [1.807, 2.05) is 41.3 Å². The van der Waals surface area contributed by atoms with Crippen LogP contribution in [0.3, 0.4) is 0 Å². The number of aromatic nitrogens is 2. The summed E-state index contributed by atoms with van der Waals surface area (Å²) in [7, 11) is 3.03. The predicted octanol–water partition coefficient (Wildman–Crippen LogP) is 3.40. The maximum atomic E-state index is 12.8. The molecule has 1 aliphatic heterocycles. The zero-order chi connectivity index (χ0) is 20.7. The molecular weight excluding hydrogens is 460 g/mol. The number of rotatable bonds is 3. The number of anilines is 1. The number of benzene rings is 2. The van der Waals surface area contributed by atoms with E-state index in [0.717, 1.165) is 20.3 Å². The monoisotopic (exact) mass is 474 g/mol. The Balaban J connectivity index is 1.87. The van der Waals surface area contributed by atoms with Crippen molar-refractivity contribution in [3.8, 4) is 0 Å². The summed E-state index contributed by atoms with van der Waals surface area (Å²) in [6, 6.07) is 14.8. The summed E-state index contributed by atoms with van der Waals surface area (Å²) in [5.74, 6) is 0.532. The van der Waals surface area contributed by atoms with Gasteiger partial charge >= 0.3 is 5.69 Å². The molecule has 0 saturated heterocycles. The second-order valence-corrected chi connectivity index (χ2v) is 7.92. The lowest BCUT2D eigenvalue weighted by atomic mass is 10.1. The van der Waals surface area contributed by atoms with Gasteiger partial charge in [0.1, 0.15) is 0 Å². The summed E-state index contributed by atoms with van der Waals surface area (Å²) in [4.78, 5) is 32.4. The van der Waals surface area contributed by atoms with E-state index in [4.69, 9.17) is 16.4 Å². The van der Waals surface area contributed by atoms with Gasteiger partial charge in [0.2, 0.25) is 6.23 Å². The van der Waals surface area contributed by atoms with Crippen LogP contribution >= 0.6 is 27.5 Å². The SMILES string of the molecule is Cn1cc(C2ON=C(c3ccc(Cl)cc3)N2c2ccc(Br)cc2)c(=O)n(C)c1=O. The fraction of sp³-hybridized carbons (Fsp3) is 0.150. The highest BCUT2D eigenvalue weighted by atomic mass is 79.9. The van der Waals surface area contributed by atoms with Gasteiger partial charge in [0.15, 0.2) is 5.84 Å². The molecular formula is C20H16BrClN4O3. The van der Waals surface area contributed by atoms with E-state index in [1.54, 1.807) is 19.2 Å². The van der Waals surface area contributed by atoms with E-state index in [1.165, 1.54) is 17.8 Å². The van der Waals surface area contributed by atoms with Crippen LogP contribution in [0.4, 0.5) is 5.69 Å². The van der Waals surface area contributed by atoms with Crippen LogP contribution < -0.4 is 16.1 Å². The quantitative estimate of drug-likeness (QED) is 0.582. The number of amidine groups is 1. The first-order valence-electron chi connectivity index (χ1n) is 8.68. The Morgan fingerprint density at radius 3 is 2.34 bits per heavy atom. The number of hydrogen-bond donors (Lipinski definition) is 0. The molecule has 1 aliphatic rings. The molecule has 3 aromatic rings. The van der Waals surface area contributed by atoms with Crippen LogP contribution in [0.1, 0.15) is 17.4 Å². The minimum Gasteiger partial charge on any atom is -0.363 e. The van der Waals surface area contributed by atoms with Gasteiger partial charge in [-0.2, -0.15) is 0 Å². The summed E-state index contributed by atoms with van der Waals surface area (Å²) < 4.78 is 3.32. The number of oxime groups is 1. The van der Waals surface area contributed by atoms with Crippen LogP contribution in [0.5, 0.6) is 0 Å². The third-order valence-corrected chi connectivity index (χ3v) is 5.43. The van der Waals surface area contributed by atoms with Crippen LogP contribution in [0, 0.1) is 0 Å². The minimum absolute atomic E-state index is 0.297. The third-order valence-electron chi connectivity index (χ3n) is 4.65. The lowest BCUT2D eigenvalue weighted by Gasteiger charge is -2.25. The molecule has 0 fully saturated rings. The van der Waals surface area contributed by atoms with Gasteiger partial charge in [-0.25, -0.2) is 4.79 Å². The smallest absolute Gasteiger partial charge is 0.330 e. The molecule has 9 heteroatoms. The molecule has 4 rings (SSSR count). The molecule has 1 atom stereocenters. The van der Waals surface area contributed by atoms with Crippen LogP contribution in [-0.4, -0.2) is 15.0 Å². The van der Waals surface area contributed by atoms with Crippen LogP contribution in [-0.2, 0) is 18.9 Å². The van der Waals surface area contributed by atoms with Gasteiger partial charge in [-0.15, -0.1) is 0 Å². The molecule has 0 radical (unpaired) electrons. The lowest BCUT2D eigenvalue weighted by molar-refractivity contribution is 0.0847. The van der Waals surface area contributed by atoms with E-state index < -0.39 is 17.5 Å². The van der Waals surface area contributed by atoms with Crippen molar-refractivity contribution in [3.63, 3.8) is 0 Å². The number of hydrogen-bond acceptors (Lipinski definition) is 5. The zero-order valence-corrected chi connectivity index (χ0v) is 17.9. The number of nitrogens with zero attached hydrogens (tertiary/aromatic N) is 4. The fourth-order valence-corrected chi connectivity index (χ4v) is 3.54. The predicted molar refractivity (Wildman–Crippen MR) is 115 cm³/mol. The molecule has 1 unspecified atom stereocenters. The maximum Gasteiger partial charge on any atom is 0.330 e. The van der Waals surface area contributed by atoms with Crippen molar-refractivity contribution in [2.75, 3.05) is 4.90 Å². The minimum atomic E-state index is -0.827. The topological polar surface area (TPSA) is 68.8 Å². The van der Waals surface area contributed by atoms with Crippen molar-refractivity contribution >= 4 is 39.1 Å². The third kappa shape index (κ3) is 3.49.